The van der Waals surface area contributed by atoms with E-state index in [0.29, 0.717) is 23.5 Å². The van der Waals surface area contributed by atoms with Crippen LogP contribution in [0.3, 0.4) is 0 Å². The second kappa shape index (κ2) is 4.24. The molecule has 3 rings (SSSR count). The average Bonchev–Trinajstić information content (AvgIpc) is 2.70. The molecule has 0 aromatic heterocycles. The average molecular weight is 259 g/mol. The second-order valence-corrected chi connectivity index (χ2v) is 7.11. The Bertz CT molecular complexity index is 482. The van der Waals surface area contributed by atoms with Gasteiger partial charge in [0, 0.05) is 11.3 Å². The van der Waals surface area contributed by atoms with Crippen molar-refractivity contribution in [3.63, 3.8) is 0 Å². The third kappa shape index (κ3) is 1.80. The van der Waals surface area contributed by atoms with Crippen molar-refractivity contribution < 1.29 is 4.74 Å². The minimum absolute atomic E-state index is 0.335. The molecule has 3 unspecified atom stereocenters. The first-order valence-corrected chi connectivity index (χ1v) is 7.40. The third-order valence-corrected chi connectivity index (χ3v) is 6.21. The Morgan fingerprint density at radius 3 is 2.58 bits per heavy atom. The van der Waals surface area contributed by atoms with E-state index in [2.05, 4.69) is 26.8 Å². The molecule has 2 heteroatoms. The van der Waals surface area contributed by atoms with Crippen LogP contribution in [0.15, 0.2) is 24.3 Å². The lowest BCUT2D eigenvalue weighted by Crippen LogP contribution is -2.37. The highest BCUT2D eigenvalue weighted by Gasteiger charge is 2.61. The molecule has 1 aromatic rings. The van der Waals surface area contributed by atoms with Crippen LogP contribution in [0.4, 0.5) is 5.69 Å². The van der Waals surface area contributed by atoms with Gasteiger partial charge < -0.3 is 10.5 Å². The SMILES string of the molecule is CC1(C)C2CCC1(C)C(OCc1ccccc1N)C2. The number of hydrogen-bond acceptors (Lipinski definition) is 2. The van der Waals surface area contributed by atoms with Gasteiger partial charge in [-0.2, -0.15) is 0 Å². The molecule has 104 valence electrons. The molecule has 2 saturated carbocycles. The third-order valence-electron chi connectivity index (χ3n) is 6.21. The zero-order valence-corrected chi connectivity index (χ0v) is 12.3. The van der Waals surface area contributed by atoms with Crippen molar-refractivity contribution in [3.8, 4) is 0 Å². The first-order valence-electron chi connectivity index (χ1n) is 7.40. The Kier molecular flexibility index (Phi) is 2.90. The van der Waals surface area contributed by atoms with E-state index >= 15 is 0 Å². The van der Waals surface area contributed by atoms with Crippen LogP contribution in [-0.4, -0.2) is 6.10 Å². The molecule has 2 aliphatic carbocycles. The summed E-state index contributed by atoms with van der Waals surface area (Å²) in [5, 5.41) is 0. The van der Waals surface area contributed by atoms with Crippen molar-refractivity contribution in [2.75, 3.05) is 5.73 Å². The molecule has 2 nitrogen and oxygen atoms in total. The molecule has 0 radical (unpaired) electrons. The maximum atomic E-state index is 6.26. The summed E-state index contributed by atoms with van der Waals surface area (Å²) >= 11 is 0. The molecule has 0 spiro atoms. The summed E-state index contributed by atoms with van der Waals surface area (Å²) in [6.07, 6.45) is 4.29. The Balaban J connectivity index is 1.71. The topological polar surface area (TPSA) is 35.2 Å². The quantitative estimate of drug-likeness (QED) is 0.833. The summed E-state index contributed by atoms with van der Waals surface area (Å²) in [5.41, 5.74) is 8.70. The van der Waals surface area contributed by atoms with Crippen LogP contribution in [0, 0.1) is 16.7 Å². The minimum Gasteiger partial charge on any atom is -0.398 e. The number of hydrogen-bond donors (Lipinski definition) is 1. The molecule has 2 fully saturated rings. The molecule has 0 saturated heterocycles. The molecule has 3 atom stereocenters. The van der Waals surface area contributed by atoms with E-state index in [1.807, 2.05) is 18.2 Å². The van der Waals surface area contributed by atoms with Gasteiger partial charge in [-0.15, -0.1) is 0 Å². The largest absolute Gasteiger partial charge is 0.398 e. The predicted octanol–water partition coefficient (Wildman–Crippen LogP) is 4.00. The summed E-state index contributed by atoms with van der Waals surface area (Å²) < 4.78 is 6.26. The monoisotopic (exact) mass is 259 g/mol. The van der Waals surface area contributed by atoms with E-state index < -0.39 is 0 Å². The number of ether oxygens (including phenoxy) is 1. The number of rotatable bonds is 3. The molecule has 0 heterocycles. The highest BCUT2D eigenvalue weighted by Crippen LogP contribution is 2.66. The van der Waals surface area contributed by atoms with Crippen molar-refractivity contribution in [2.24, 2.45) is 16.7 Å². The number of fused-ring (bicyclic) bond motifs is 2. The lowest BCUT2D eigenvalue weighted by molar-refractivity contribution is -0.0548. The molecule has 2 N–H and O–H groups in total. The van der Waals surface area contributed by atoms with E-state index in [4.69, 9.17) is 10.5 Å². The molecule has 0 aliphatic heterocycles. The van der Waals surface area contributed by atoms with Crippen LogP contribution < -0.4 is 5.73 Å². The van der Waals surface area contributed by atoms with Crippen molar-refractivity contribution in [3.05, 3.63) is 29.8 Å². The number of para-hydroxylation sites is 1. The number of benzene rings is 1. The predicted molar refractivity (Wildman–Crippen MR) is 78.7 cm³/mol. The summed E-state index contributed by atoms with van der Waals surface area (Å²) in [7, 11) is 0. The minimum atomic E-state index is 0.335. The van der Waals surface area contributed by atoms with Gasteiger partial charge in [-0.05, 0) is 42.1 Å². The van der Waals surface area contributed by atoms with Crippen molar-refractivity contribution >= 4 is 5.69 Å². The van der Waals surface area contributed by atoms with Crippen LogP contribution in [-0.2, 0) is 11.3 Å². The van der Waals surface area contributed by atoms with Crippen LogP contribution in [0.25, 0.3) is 0 Å². The summed E-state index contributed by atoms with van der Waals surface area (Å²) in [5.74, 6) is 0.829. The van der Waals surface area contributed by atoms with Gasteiger partial charge >= 0.3 is 0 Å². The van der Waals surface area contributed by atoms with Gasteiger partial charge in [0.2, 0.25) is 0 Å². The molecule has 2 bridgehead atoms. The van der Waals surface area contributed by atoms with Crippen LogP contribution in [0.5, 0.6) is 0 Å². The maximum absolute atomic E-state index is 6.26. The number of nitrogens with two attached hydrogens (primary N) is 1. The van der Waals surface area contributed by atoms with Gasteiger partial charge in [-0.1, -0.05) is 39.0 Å². The fraction of sp³-hybridized carbons (Fsp3) is 0.647. The standard InChI is InChI=1S/C17H25NO/c1-16(2)13-8-9-17(16,3)15(10-13)19-11-12-6-4-5-7-14(12)18/h4-7,13,15H,8-11,18H2,1-3H3. The Labute approximate surface area is 116 Å². The number of anilines is 1. The Morgan fingerprint density at radius 1 is 1.26 bits per heavy atom. The zero-order chi connectivity index (χ0) is 13.7. The summed E-state index contributed by atoms with van der Waals surface area (Å²) in [6, 6.07) is 8.02. The van der Waals surface area contributed by atoms with Crippen LogP contribution >= 0.6 is 0 Å². The van der Waals surface area contributed by atoms with Gasteiger partial charge in [-0.25, -0.2) is 0 Å². The van der Waals surface area contributed by atoms with E-state index in [0.717, 1.165) is 17.2 Å². The van der Waals surface area contributed by atoms with Gasteiger partial charge in [0.15, 0.2) is 0 Å². The van der Waals surface area contributed by atoms with E-state index in [1.165, 1.54) is 19.3 Å². The molecular weight excluding hydrogens is 234 g/mol. The van der Waals surface area contributed by atoms with Gasteiger partial charge in [0.1, 0.15) is 0 Å². The maximum Gasteiger partial charge on any atom is 0.0740 e. The first kappa shape index (κ1) is 13.0. The first-order chi connectivity index (χ1) is 8.95. The summed E-state index contributed by atoms with van der Waals surface area (Å²) in [4.78, 5) is 0. The van der Waals surface area contributed by atoms with Gasteiger partial charge in [0.05, 0.1) is 12.7 Å². The fourth-order valence-corrected chi connectivity index (χ4v) is 4.24. The smallest absolute Gasteiger partial charge is 0.0740 e. The molecular formula is C17H25NO. The van der Waals surface area contributed by atoms with Crippen molar-refractivity contribution in [1.82, 2.24) is 0 Å². The van der Waals surface area contributed by atoms with E-state index in [-0.39, 0.29) is 0 Å². The van der Waals surface area contributed by atoms with Crippen molar-refractivity contribution in [1.29, 1.82) is 0 Å². The molecule has 2 aliphatic rings. The zero-order valence-electron chi connectivity index (χ0n) is 12.3. The molecule has 19 heavy (non-hydrogen) atoms. The number of nitrogen functional groups attached to an aromatic ring is 1. The lowest BCUT2D eigenvalue weighted by Gasteiger charge is -2.39. The lowest BCUT2D eigenvalue weighted by atomic mass is 9.70. The van der Waals surface area contributed by atoms with Crippen molar-refractivity contribution in [2.45, 2.75) is 52.7 Å². The highest BCUT2D eigenvalue weighted by molar-refractivity contribution is 5.45. The van der Waals surface area contributed by atoms with Gasteiger partial charge in [0.25, 0.3) is 0 Å². The fourth-order valence-electron chi connectivity index (χ4n) is 4.24. The van der Waals surface area contributed by atoms with E-state index in [1.54, 1.807) is 0 Å². The summed E-state index contributed by atoms with van der Waals surface area (Å²) in [6.45, 7) is 7.91. The van der Waals surface area contributed by atoms with Gasteiger partial charge in [-0.3, -0.25) is 0 Å². The van der Waals surface area contributed by atoms with Crippen LogP contribution in [0.1, 0.15) is 45.6 Å². The Hall–Kier alpha value is -1.02. The second-order valence-electron chi connectivity index (χ2n) is 7.11. The van der Waals surface area contributed by atoms with E-state index in [9.17, 15) is 0 Å². The highest BCUT2D eigenvalue weighted by atomic mass is 16.5. The van der Waals surface area contributed by atoms with Crippen LogP contribution in [0.2, 0.25) is 0 Å². The normalized spacial score (nSPS) is 35.7. The molecule has 0 amide bonds. The Morgan fingerprint density at radius 2 is 2.00 bits per heavy atom. The molecule has 1 aromatic carbocycles.